The summed E-state index contributed by atoms with van der Waals surface area (Å²) in [4.78, 5) is 37.0. The fourth-order valence-corrected chi connectivity index (χ4v) is 5.46. The second-order valence-corrected chi connectivity index (χ2v) is 12.0. The first kappa shape index (κ1) is 26.8. The van der Waals surface area contributed by atoms with E-state index in [9.17, 15) is 9.59 Å². The fraction of sp³-hybridized carbons (Fsp3) is 0.483. The molecule has 0 unspecified atom stereocenters. The molecule has 1 spiro atoms. The lowest BCUT2D eigenvalue weighted by Crippen LogP contribution is -2.38. The van der Waals surface area contributed by atoms with E-state index in [4.69, 9.17) is 4.98 Å². The molecule has 0 saturated heterocycles. The van der Waals surface area contributed by atoms with E-state index in [1.54, 1.807) is 21.6 Å². The molecule has 5 rings (SSSR count). The Bertz CT molecular complexity index is 1540. The first-order valence-corrected chi connectivity index (χ1v) is 13.5. The zero-order chi connectivity index (χ0) is 28.1. The summed E-state index contributed by atoms with van der Waals surface area (Å²) in [6.07, 6.45) is 8.32. The number of nitrogens with zero attached hydrogens (tertiary/aromatic N) is 7. The minimum Gasteiger partial charge on any atom is -0.324 e. The summed E-state index contributed by atoms with van der Waals surface area (Å²) in [5.41, 5.74) is 3.64. The minimum atomic E-state index is -0.554. The number of carbonyl (C=O) groups is 1. The summed E-state index contributed by atoms with van der Waals surface area (Å²) in [5, 5.41) is 9.71. The number of anilines is 2. The standard InChI is InChI=1S/C29H38N8O2/c1-8-9-24(33-35(18-38)28(4,5)6)37-25-22(26(39)36(37)19(2)3)15-30-27(32-25)31-21-10-11-23-20(14-21)16-34(7)17-29(23)12-13-29/h8-11,14-15,18-19H,12-13,16-17H2,1-7H3,(H,30,31,32)/b9-8-,33-24+. The highest BCUT2D eigenvalue weighted by Crippen LogP contribution is 2.52. The Morgan fingerprint density at radius 1 is 1.26 bits per heavy atom. The third kappa shape index (κ3) is 4.89. The molecule has 206 valence electrons. The van der Waals surface area contributed by atoms with Gasteiger partial charge in [0.15, 0.2) is 11.5 Å². The van der Waals surface area contributed by atoms with E-state index in [1.807, 2.05) is 47.6 Å². The van der Waals surface area contributed by atoms with E-state index in [0.717, 1.165) is 18.8 Å². The van der Waals surface area contributed by atoms with Crippen molar-refractivity contribution < 1.29 is 4.79 Å². The number of hydrogen-bond donors (Lipinski definition) is 1. The van der Waals surface area contributed by atoms with Crippen molar-refractivity contribution in [3.05, 3.63) is 58.0 Å². The largest absolute Gasteiger partial charge is 0.324 e. The molecule has 1 aromatic carbocycles. The number of aromatic nitrogens is 4. The second kappa shape index (κ2) is 9.75. The van der Waals surface area contributed by atoms with E-state index in [-0.39, 0.29) is 11.6 Å². The highest BCUT2D eigenvalue weighted by molar-refractivity contribution is 5.99. The highest BCUT2D eigenvalue weighted by atomic mass is 16.1. The maximum atomic E-state index is 13.5. The summed E-state index contributed by atoms with van der Waals surface area (Å²) in [7, 11) is 2.17. The van der Waals surface area contributed by atoms with Gasteiger partial charge in [0.25, 0.3) is 5.56 Å². The second-order valence-electron chi connectivity index (χ2n) is 12.0. The predicted molar refractivity (Wildman–Crippen MR) is 154 cm³/mol. The van der Waals surface area contributed by atoms with Gasteiger partial charge in [-0.25, -0.2) is 19.4 Å². The topological polar surface area (TPSA) is 101 Å². The predicted octanol–water partition coefficient (Wildman–Crippen LogP) is 4.39. The van der Waals surface area contributed by atoms with Crippen molar-refractivity contribution in [1.29, 1.82) is 0 Å². The van der Waals surface area contributed by atoms with Crippen molar-refractivity contribution in [3.8, 4) is 0 Å². The summed E-state index contributed by atoms with van der Waals surface area (Å²) in [5.74, 6) is 0.779. The van der Waals surface area contributed by atoms with Crippen LogP contribution in [0.15, 0.2) is 46.4 Å². The molecule has 3 heterocycles. The van der Waals surface area contributed by atoms with Crippen molar-refractivity contribution in [3.63, 3.8) is 0 Å². The molecule has 10 heteroatoms. The molecule has 0 radical (unpaired) electrons. The van der Waals surface area contributed by atoms with Gasteiger partial charge >= 0.3 is 0 Å². The van der Waals surface area contributed by atoms with Crippen LogP contribution in [0, 0.1) is 0 Å². The number of fused-ring (bicyclic) bond motifs is 3. The van der Waals surface area contributed by atoms with Crippen LogP contribution in [-0.2, 0) is 16.8 Å². The van der Waals surface area contributed by atoms with Crippen molar-refractivity contribution >= 4 is 34.9 Å². The Morgan fingerprint density at radius 2 is 2.00 bits per heavy atom. The summed E-state index contributed by atoms with van der Waals surface area (Å²) in [6.45, 7) is 13.4. The van der Waals surface area contributed by atoms with Gasteiger partial charge < -0.3 is 10.2 Å². The average Bonchev–Trinajstić information content (AvgIpc) is 3.55. The zero-order valence-corrected chi connectivity index (χ0v) is 23.9. The number of amides is 1. The number of nitrogens with one attached hydrogen (secondary N) is 1. The van der Waals surface area contributed by atoms with E-state index >= 15 is 0 Å². The fourth-order valence-electron chi connectivity index (χ4n) is 5.46. The van der Waals surface area contributed by atoms with E-state index in [0.29, 0.717) is 34.6 Å². The molecule has 1 amide bonds. The van der Waals surface area contributed by atoms with Gasteiger partial charge in [-0.2, -0.15) is 4.98 Å². The van der Waals surface area contributed by atoms with Crippen LogP contribution in [-0.4, -0.2) is 60.6 Å². The molecule has 3 aromatic rings. The SMILES string of the molecule is C/C=C\C(=N/N(C=O)C(C)(C)C)n1c2nc(Nc3ccc4c(c3)CN(C)CC43CC3)ncc2c(=O)n1C(C)C. The van der Waals surface area contributed by atoms with Gasteiger partial charge in [-0.1, -0.05) is 12.1 Å². The van der Waals surface area contributed by atoms with Crippen molar-refractivity contribution in [1.82, 2.24) is 29.2 Å². The normalized spacial score (nSPS) is 17.3. The quantitative estimate of drug-likeness (QED) is 0.220. The molecule has 39 heavy (non-hydrogen) atoms. The molecule has 1 aliphatic carbocycles. The first-order valence-electron chi connectivity index (χ1n) is 13.5. The molecular weight excluding hydrogens is 492 g/mol. The van der Waals surface area contributed by atoms with Gasteiger partial charge in [-0.15, -0.1) is 5.10 Å². The number of hydrazone groups is 1. The minimum absolute atomic E-state index is 0.190. The van der Waals surface area contributed by atoms with Crippen LogP contribution in [0.2, 0.25) is 0 Å². The van der Waals surface area contributed by atoms with Crippen molar-refractivity contribution in [2.45, 2.75) is 77.9 Å². The molecular formula is C29H38N8O2. The van der Waals surface area contributed by atoms with Gasteiger partial charge in [0, 0.05) is 36.4 Å². The van der Waals surface area contributed by atoms with Gasteiger partial charge in [0.1, 0.15) is 5.39 Å². The van der Waals surface area contributed by atoms with Crippen LogP contribution in [0.3, 0.4) is 0 Å². The summed E-state index contributed by atoms with van der Waals surface area (Å²) >= 11 is 0. The van der Waals surface area contributed by atoms with Crippen LogP contribution in [0.25, 0.3) is 11.0 Å². The maximum absolute atomic E-state index is 13.5. The monoisotopic (exact) mass is 530 g/mol. The first-order chi connectivity index (χ1) is 18.5. The maximum Gasteiger partial charge on any atom is 0.278 e. The van der Waals surface area contributed by atoms with Crippen LogP contribution in [0.5, 0.6) is 0 Å². The summed E-state index contributed by atoms with van der Waals surface area (Å²) in [6, 6.07) is 6.31. The third-order valence-electron chi connectivity index (χ3n) is 7.44. The number of rotatable bonds is 6. The molecule has 1 aliphatic heterocycles. The molecule has 1 N–H and O–H groups in total. The van der Waals surface area contributed by atoms with Crippen LogP contribution in [0.1, 0.15) is 71.6 Å². The molecule has 2 aliphatic rings. The molecule has 1 saturated carbocycles. The Kier molecular flexibility index (Phi) is 6.70. The highest BCUT2D eigenvalue weighted by Gasteiger charge is 2.48. The van der Waals surface area contributed by atoms with Crippen LogP contribution in [0.4, 0.5) is 11.6 Å². The van der Waals surface area contributed by atoms with E-state index in [2.05, 4.69) is 45.5 Å². The van der Waals surface area contributed by atoms with Crippen molar-refractivity contribution in [2.75, 3.05) is 18.9 Å². The van der Waals surface area contributed by atoms with Crippen LogP contribution >= 0.6 is 0 Å². The smallest absolute Gasteiger partial charge is 0.278 e. The molecule has 2 aromatic heterocycles. The zero-order valence-electron chi connectivity index (χ0n) is 23.9. The number of benzene rings is 1. The van der Waals surface area contributed by atoms with Gasteiger partial charge in [-0.3, -0.25) is 9.59 Å². The number of likely N-dealkylation sites (N-methyl/N-ethyl adjacent to an activating group) is 1. The molecule has 1 fully saturated rings. The van der Waals surface area contributed by atoms with E-state index < -0.39 is 5.54 Å². The Labute approximate surface area is 229 Å². The molecule has 0 atom stereocenters. The number of allylic oxidation sites excluding steroid dienone is 2. The Balaban J connectivity index is 1.61. The molecule has 0 bridgehead atoms. The number of carbonyl (C=O) groups excluding carboxylic acids is 1. The van der Waals surface area contributed by atoms with Gasteiger partial charge in [0.05, 0.1) is 5.54 Å². The summed E-state index contributed by atoms with van der Waals surface area (Å²) < 4.78 is 3.27. The van der Waals surface area contributed by atoms with Gasteiger partial charge in [-0.05, 0) is 90.8 Å². The van der Waals surface area contributed by atoms with Crippen molar-refractivity contribution in [2.24, 2.45) is 5.10 Å². The Hall–Kier alpha value is -3.79. The average molecular weight is 531 g/mol. The lowest BCUT2D eigenvalue weighted by Gasteiger charge is -2.32. The Morgan fingerprint density at radius 3 is 2.62 bits per heavy atom. The van der Waals surface area contributed by atoms with E-state index in [1.165, 1.54) is 29.0 Å². The van der Waals surface area contributed by atoms with Gasteiger partial charge in [0.2, 0.25) is 12.4 Å². The lowest BCUT2D eigenvalue weighted by molar-refractivity contribution is -0.122. The molecule has 10 nitrogen and oxygen atoms in total. The number of hydrogen-bond acceptors (Lipinski definition) is 7. The third-order valence-corrected chi connectivity index (χ3v) is 7.44. The lowest BCUT2D eigenvalue weighted by atomic mass is 9.87. The van der Waals surface area contributed by atoms with Crippen LogP contribution < -0.4 is 10.9 Å².